The Kier molecular flexibility index (Phi) is 6.35. The first-order chi connectivity index (χ1) is 17.4. The van der Waals surface area contributed by atoms with Gasteiger partial charge in [0.1, 0.15) is 11.4 Å². The minimum Gasteiger partial charge on any atom is -0.481 e. The molecule has 0 amide bonds. The van der Waals surface area contributed by atoms with Gasteiger partial charge in [-0.1, -0.05) is 84.0 Å². The van der Waals surface area contributed by atoms with Crippen molar-refractivity contribution in [1.82, 2.24) is 5.16 Å². The number of aliphatic carboxylic acids is 1. The highest BCUT2D eigenvalue weighted by molar-refractivity contribution is 5.85. The maximum atomic E-state index is 11.6. The molecule has 1 heterocycles. The molecule has 1 aromatic heterocycles. The van der Waals surface area contributed by atoms with Crippen LogP contribution in [0, 0.1) is 6.92 Å². The molecule has 2 atom stereocenters. The summed E-state index contributed by atoms with van der Waals surface area (Å²) < 4.78 is 11.1. The molecule has 0 spiro atoms. The normalized spacial score (nSPS) is 15.8. The maximum Gasteiger partial charge on any atom is 0.314 e. The summed E-state index contributed by atoms with van der Waals surface area (Å²) in [5, 5.41) is 27.2. The highest BCUT2D eigenvalue weighted by atomic mass is 16.6. The standard InChI is InChI=1S/C29H28N2O5/c1-18(20-6-4-3-5-7-20)35-28(34)30-25-19(2)36-31-26(25)23-10-8-21(9-11-23)22-12-14-24(15-13-22)29(16-17-29)27(32)33/h3-15,18,28,30,34H,16-17H2,1-2H3,(H,32,33)/t18-,28?/m0/s1. The number of hydrogen-bond donors (Lipinski definition) is 3. The van der Waals surface area contributed by atoms with Gasteiger partial charge in [0, 0.05) is 5.56 Å². The first-order valence-corrected chi connectivity index (χ1v) is 11.9. The van der Waals surface area contributed by atoms with Gasteiger partial charge in [-0.2, -0.15) is 0 Å². The van der Waals surface area contributed by atoms with E-state index in [1.807, 2.05) is 85.8 Å². The Labute approximate surface area is 209 Å². The molecule has 3 aromatic carbocycles. The van der Waals surface area contributed by atoms with Crippen LogP contribution in [0.15, 0.2) is 83.4 Å². The van der Waals surface area contributed by atoms with Gasteiger partial charge in [0.15, 0.2) is 5.76 Å². The second kappa shape index (κ2) is 9.60. The summed E-state index contributed by atoms with van der Waals surface area (Å²) in [6, 6.07) is 25.2. The van der Waals surface area contributed by atoms with Crippen molar-refractivity contribution in [2.24, 2.45) is 0 Å². The van der Waals surface area contributed by atoms with Crippen molar-refractivity contribution in [3.05, 3.63) is 95.7 Å². The summed E-state index contributed by atoms with van der Waals surface area (Å²) in [5.74, 6) is -0.218. The van der Waals surface area contributed by atoms with Crippen LogP contribution in [0.4, 0.5) is 5.69 Å². The molecule has 7 nitrogen and oxygen atoms in total. The number of hydrogen-bond acceptors (Lipinski definition) is 6. The van der Waals surface area contributed by atoms with Gasteiger partial charge in [-0.05, 0) is 48.9 Å². The Hall–Kier alpha value is -3.94. The maximum absolute atomic E-state index is 11.6. The van der Waals surface area contributed by atoms with Crippen molar-refractivity contribution in [3.63, 3.8) is 0 Å². The Morgan fingerprint density at radius 1 is 0.972 bits per heavy atom. The summed E-state index contributed by atoms with van der Waals surface area (Å²) in [6.07, 6.45) is -0.188. The van der Waals surface area contributed by atoms with Crippen molar-refractivity contribution >= 4 is 11.7 Å². The third-order valence-electron chi connectivity index (χ3n) is 6.82. The number of aryl methyl sites for hydroxylation is 1. The molecule has 1 fully saturated rings. The van der Waals surface area contributed by atoms with Crippen LogP contribution in [0.3, 0.4) is 0 Å². The van der Waals surface area contributed by atoms with Crippen LogP contribution in [0.25, 0.3) is 22.4 Å². The fourth-order valence-electron chi connectivity index (χ4n) is 4.45. The van der Waals surface area contributed by atoms with Crippen molar-refractivity contribution in [3.8, 4) is 22.4 Å². The molecule has 0 radical (unpaired) electrons. The van der Waals surface area contributed by atoms with Crippen LogP contribution in [-0.4, -0.2) is 27.8 Å². The van der Waals surface area contributed by atoms with E-state index in [2.05, 4.69) is 10.5 Å². The van der Waals surface area contributed by atoms with Gasteiger partial charge in [0.2, 0.25) is 6.41 Å². The molecule has 4 aromatic rings. The zero-order valence-electron chi connectivity index (χ0n) is 20.1. The van der Waals surface area contributed by atoms with Gasteiger partial charge >= 0.3 is 5.97 Å². The molecule has 0 bridgehead atoms. The van der Waals surface area contributed by atoms with Crippen LogP contribution < -0.4 is 5.32 Å². The molecule has 1 saturated carbocycles. The van der Waals surface area contributed by atoms with Crippen molar-refractivity contribution < 1.29 is 24.3 Å². The molecule has 1 aliphatic carbocycles. The Bertz CT molecular complexity index is 1340. The summed E-state index contributed by atoms with van der Waals surface area (Å²) in [6.45, 7) is 3.64. The van der Waals surface area contributed by atoms with E-state index in [9.17, 15) is 15.0 Å². The predicted octanol–water partition coefficient (Wildman–Crippen LogP) is 5.90. The van der Waals surface area contributed by atoms with E-state index in [0.717, 1.165) is 27.8 Å². The van der Waals surface area contributed by atoms with E-state index >= 15 is 0 Å². The molecular formula is C29H28N2O5. The van der Waals surface area contributed by atoms with Crippen LogP contribution in [0.2, 0.25) is 0 Å². The number of nitrogens with zero attached hydrogens (tertiary/aromatic N) is 1. The van der Waals surface area contributed by atoms with Gasteiger partial charge in [-0.15, -0.1) is 0 Å². The largest absolute Gasteiger partial charge is 0.481 e. The predicted molar refractivity (Wildman–Crippen MR) is 136 cm³/mol. The number of nitrogens with one attached hydrogen (secondary N) is 1. The molecule has 1 unspecified atom stereocenters. The molecule has 184 valence electrons. The Morgan fingerprint density at radius 2 is 1.56 bits per heavy atom. The van der Waals surface area contributed by atoms with Crippen molar-refractivity contribution in [1.29, 1.82) is 0 Å². The molecule has 7 heteroatoms. The lowest BCUT2D eigenvalue weighted by Crippen LogP contribution is -2.24. The minimum absolute atomic E-state index is 0.312. The molecular weight excluding hydrogens is 456 g/mol. The first-order valence-electron chi connectivity index (χ1n) is 11.9. The summed E-state index contributed by atoms with van der Waals surface area (Å²) in [7, 11) is 0. The van der Waals surface area contributed by atoms with Gasteiger partial charge in [-0.25, -0.2) is 0 Å². The monoisotopic (exact) mass is 484 g/mol. The second-order valence-electron chi connectivity index (χ2n) is 9.19. The molecule has 36 heavy (non-hydrogen) atoms. The SMILES string of the molecule is Cc1onc(-c2ccc(-c3ccc(C4(C(=O)O)CC4)cc3)cc2)c1NC(O)O[C@@H](C)c1ccccc1. The molecule has 1 aliphatic rings. The number of aliphatic hydroxyl groups excluding tert-OH is 1. The van der Waals surface area contributed by atoms with Crippen LogP contribution in [-0.2, 0) is 14.9 Å². The first kappa shape index (κ1) is 23.8. The lowest BCUT2D eigenvalue weighted by Gasteiger charge is -2.20. The van der Waals surface area contributed by atoms with E-state index in [4.69, 9.17) is 9.26 Å². The summed E-state index contributed by atoms with van der Waals surface area (Å²) in [4.78, 5) is 11.6. The summed E-state index contributed by atoms with van der Waals surface area (Å²) >= 11 is 0. The fourth-order valence-corrected chi connectivity index (χ4v) is 4.45. The van der Waals surface area contributed by atoms with Crippen LogP contribution in [0.5, 0.6) is 0 Å². The number of carboxylic acid groups (broad SMARTS) is 1. The Morgan fingerprint density at radius 3 is 2.14 bits per heavy atom. The number of rotatable bonds is 9. The van der Waals surface area contributed by atoms with Crippen LogP contribution in [0.1, 0.15) is 42.8 Å². The molecule has 3 N–H and O–H groups in total. The van der Waals surface area contributed by atoms with Gasteiger partial charge < -0.3 is 24.8 Å². The lowest BCUT2D eigenvalue weighted by molar-refractivity contribution is -0.140. The fraction of sp³-hybridized carbons (Fsp3) is 0.241. The van der Waals surface area contributed by atoms with Crippen LogP contribution >= 0.6 is 0 Å². The van der Waals surface area contributed by atoms with Crippen molar-refractivity contribution in [2.45, 2.75) is 44.6 Å². The van der Waals surface area contributed by atoms with Gasteiger partial charge in [-0.3, -0.25) is 4.79 Å². The van der Waals surface area contributed by atoms with Gasteiger partial charge in [0.05, 0.1) is 11.5 Å². The molecule has 0 aliphatic heterocycles. The Balaban J connectivity index is 1.30. The minimum atomic E-state index is -1.25. The topological polar surface area (TPSA) is 105 Å². The highest BCUT2D eigenvalue weighted by Gasteiger charge is 2.51. The average Bonchev–Trinajstić information content (AvgIpc) is 3.64. The third kappa shape index (κ3) is 4.63. The van der Waals surface area contributed by atoms with Gasteiger partial charge in [0.25, 0.3) is 0 Å². The second-order valence-corrected chi connectivity index (χ2v) is 9.19. The van der Waals surface area contributed by atoms with E-state index < -0.39 is 17.8 Å². The number of aromatic nitrogens is 1. The number of carboxylic acids is 1. The number of aliphatic hydroxyl groups is 1. The summed E-state index contributed by atoms with van der Waals surface area (Å²) in [5.41, 5.74) is 5.06. The zero-order valence-corrected chi connectivity index (χ0v) is 20.1. The quantitative estimate of drug-likeness (QED) is 0.254. The highest BCUT2D eigenvalue weighted by Crippen LogP contribution is 2.48. The van der Waals surface area contributed by atoms with E-state index in [0.29, 0.717) is 30.0 Å². The number of anilines is 1. The smallest absolute Gasteiger partial charge is 0.314 e. The average molecular weight is 485 g/mol. The third-order valence-corrected chi connectivity index (χ3v) is 6.82. The molecule has 0 saturated heterocycles. The number of carbonyl (C=O) groups is 1. The van der Waals surface area contributed by atoms with E-state index in [-0.39, 0.29) is 6.10 Å². The van der Waals surface area contributed by atoms with E-state index in [1.165, 1.54) is 0 Å². The zero-order chi connectivity index (χ0) is 25.3. The number of ether oxygens (including phenoxy) is 1. The van der Waals surface area contributed by atoms with Crippen molar-refractivity contribution in [2.75, 3.05) is 5.32 Å². The number of benzene rings is 3. The van der Waals surface area contributed by atoms with E-state index in [1.54, 1.807) is 6.92 Å². The molecule has 5 rings (SSSR count). The lowest BCUT2D eigenvalue weighted by atomic mass is 9.93.